The fraction of sp³-hybridized carbons (Fsp3) is 0.500. The van der Waals surface area contributed by atoms with E-state index in [2.05, 4.69) is 0 Å². The van der Waals surface area contributed by atoms with E-state index in [1.165, 1.54) is 0 Å². The molecule has 1 fully saturated rings. The van der Waals surface area contributed by atoms with Crippen LogP contribution in [0.3, 0.4) is 0 Å². The van der Waals surface area contributed by atoms with Crippen molar-refractivity contribution in [2.75, 3.05) is 40.4 Å². The van der Waals surface area contributed by atoms with Crippen molar-refractivity contribution in [2.24, 2.45) is 11.7 Å². The largest absolute Gasteiger partial charge is 0.383 e. The number of nitrogens with zero attached hydrogens (tertiary/aromatic N) is 2. The van der Waals surface area contributed by atoms with E-state index in [1.54, 1.807) is 48.2 Å². The molecule has 0 unspecified atom stereocenters. The van der Waals surface area contributed by atoms with Crippen molar-refractivity contribution < 1.29 is 19.1 Å². The van der Waals surface area contributed by atoms with Gasteiger partial charge in [-0.3, -0.25) is 14.4 Å². The summed E-state index contributed by atoms with van der Waals surface area (Å²) in [6.07, 6.45) is 1.57. The van der Waals surface area contributed by atoms with Gasteiger partial charge in [-0.25, -0.2) is 0 Å². The van der Waals surface area contributed by atoms with Crippen molar-refractivity contribution in [1.29, 1.82) is 0 Å². The summed E-state index contributed by atoms with van der Waals surface area (Å²) < 4.78 is 5.00. The molecule has 7 nitrogen and oxygen atoms in total. The van der Waals surface area contributed by atoms with Crippen molar-refractivity contribution in [3.05, 3.63) is 35.4 Å². The Kier molecular flexibility index (Phi) is 6.52. The van der Waals surface area contributed by atoms with Crippen molar-refractivity contribution >= 4 is 17.7 Å². The summed E-state index contributed by atoms with van der Waals surface area (Å²) in [5.74, 6) is -0.808. The van der Waals surface area contributed by atoms with Crippen LogP contribution in [0.2, 0.25) is 0 Å². The zero-order chi connectivity index (χ0) is 18.4. The van der Waals surface area contributed by atoms with E-state index in [1.807, 2.05) is 0 Å². The minimum Gasteiger partial charge on any atom is -0.383 e. The number of likely N-dealkylation sites (tertiary alicyclic amines) is 1. The van der Waals surface area contributed by atoms with Gasteiger partial charge in [-0.1, -0.05) is 0 Å². The number of carbonyl (C=O) groups is 3. The molecule has 1 aliphatic rings. The van der Waals surface area contributed by atoms with Crippen LogP contribution in [0.15, 0.2) is 24.3 Å². The molecule has 2 N–H and O–H groups in total. The number of ether oxygens (including phenoxy) is 1. The lowest BCUT2D eigenvalue weighted by Crippen LogP contribution is -2.46. The van der Waals surface area contributed by atoms with Gasteiger partial charge in [0.25, 0.3) is 5.91 Å². The highest BCUT2D eigenvalue weighted by atomic mass is 16.5. The third-order valence-electron chi connectivity index (χ3n) is 4.48. The molecular weight excluding hydrogens is 322 g/mol. The molecule has 1 aromatic rings. The third-order valence-corrected chi connectivity index (χ3v) is 4.48. The Bertz CT molecular complexity index is 630. The Morgan fingerprint density at radius 2 is 1.88 bits per heavy atom. The van der Waals surface area contributed by atoms with Gasteiger partial charge in [-0.15, -0.1) is 0 Å². The quantitative estimate of drug-likeness (QED) is 0.821. The van der Waals surface area contributed by atoms with E-state index in [0.717, 1.165) is 12.8 Å². The average molecular weight is 347 g/mol. The Balaban J connectivity index is 2.01. The van der Waals surface area contributed by atoms with Crippen LogP contribution in [0.5, 0.6) is 0 Å². The molecule has 136 valence electrons. The van der Waals surface area contributed by atoms with Crippen molar-refractivity contribution in [3.8, 4) is 0 Å². The van der Waals surface area contributed by atoms with Crippen LogP contribution in [-0.4, -0.2) is 67.9 Å². The summed E-state index contributed by atoms with van der Waals surface area (Å²) in [5, 5.41) is 0. The first-order valence-electron chi connectivity index (χ1n) is 8.37. The lowest BCUT2D eigenvalue weighted by molar-refractivity contribution is -0.136. The van der Waals surface area contributed by atoms with Gasteiger partial charge in [0, 0.05) is 44.9 Å². The molecular formula is C18H25N3O4. The monoisotopic (exact) mass is 347 g/mol. The number of primary amides is 1. The van der Waals surface area contributed by atoms with Gasteiger partial charge in [-0.2, -0.15) is 0 Å². The molecule has 2 rings (SSSR count). The highest BCUT2D eigenvalue weighted by Gasteiger charge is 2.30. The predicted octanol–water partition coefficient (Wildman–Crippen LogP) is 0.743. The topological polar surface area (TPSA) is 92.9 Å². The Labute approximate surface area is 147 Å². The molecule has 1 aromatic carbocycles. The normalized spacial score (nSPS) is 17.2. The molecule has 0 aromatic heterocycles. The second-order valence-corrected chi connectivity index (χ2v) is 6.28. The summed E-state index contributed by atoms with van der Waals surface area (Å²) in [5.41, 5.74) is 6.07. The van der Waals surface area contributed by atoms with Gasteiger partial charge in [0.05, 0.1) is 12.5 Å². The van der Waals surface area contributed by atoms with Crippen LogP contribution in [0.25, 0.3) is 0 Å². The lowest BCUT2D eigenvalue weighted by Gasteiger charge is -2.34. The number of methoxy groups -OCH3 is 1. The van der Waals surface area contributed by atoms with E-state index in [-0.39, 0.29) is 17.7 Å². The predicted molar refractivity (Wildman–Crippen MR) is 93.1 cm³/mol. The number of amides is 3. The number of hydrogen-bond acceptors (Lipinski definition) is 4. The van der Waals surface area contributed by atoms with Crippen molar-refractivity contribution in [3.63, 3.8) is 0 Å². The standard InChI is InChI=1S/C18H25N3O4/c1-20(10-11-25-2)17(23)15-4-3-9-21(12-15)18(24)14-7-5-13(6-8-14)16(19)22/h5-8,15H,3-4,9-12H2,1-2H3,(H2,19,22)/t15-/m1/s1. The number of nitrogens with two attached hydrogens (primary N) is 1. The molecule has 1 atom stereocenters. The maximum Gasteiger partial charge on any atom is 0.253 e. The van der Waals surface area contributed by atoms with Gasteiger partial charge in [0.2, 0.25) is 11.8 Å². The maximum absolute atomic E-state index is 12.7. The highest BCUT2D eigenvalue weighted by Crippen LogP contribution is 2.20. The smallest absolute Gasteiger partial charge is 0.253 e. The van der Waals surface area contributed by atoms with Gasteiger partial charge >= 0.3 is 0 Å². The van der Waals surface area contributed by atoms with E-state index in [4.69, 9.17) is 10.5 Å². The lowest BCUT2D eigenvalue weighted by atomic mass is 9.96. The molecule has 3 amide bonds. The summed E-state index contributed by atoms with van der Waals surface area (Å²) in [4.78, 5) is 39.6. The van der Waals surface area contributed by atoms with Crippen molar-refractivity contribution in [2.45, 2.75) is 12.8 Å². The molecule has 1 aliphatic heterocycles. The minimum atomic E-state index is -0.526. The fourth-order valence-electron chi connectivity index (χ4n) is 2.97. The van der Waals surface area contributed by atoms with Crippen molar-refractivity contribution in [1.82, 2.24) is 9.80 Å². The van der Waals surface area contributed by atoms with Crippen LogP contribution >= 0.6 is 0 Å². The van der Waals surface area contributed by atoms with Crippen LogP contribution in [0.4, 0.5) is 0 Å². The minimum absolute atomic E-state index is 0.0404. The molecule has 0 spiro atoms. The van der Waals surface area contributed by atoms with Gasteiger partial charge in [-0.05, 0) is 37.1 Å². The Morgan fingerprint density at radius 1 is 1.24 bits per heavy atom. The van der Waals surface area contributed by atoms with Gasteiger partial charge in [0.1, 0.15) is 0 Å². The Hall–Kier alpha value is -2.41. The van der Waals surface area contributed by atoms with Crippen LogP contribution in [0, 0.1) is 5.92 Å². The summed E-state index contributed by atoms with van der Waals surface area (Å²) in [7, 11) is 3.35. The van der Waals surface area contributed by atoms with E-state index in [0.29, 0.717) is 37.4 Å². The molecule has 1 heterocycles. The Morgan fingerprint density at radius 3 is 2.48 bits per heavy atom. The molecule has 25 heavy (non-hydrogen) atoms. The number of piperidine rings is 1. The molecule has 1 saturated heterocycles. The first-order chi connectivity index (χ1) is 11.9. The van der Waals surface area contributed by atoms with E-state index >= 15 is 0 Å². The van der Waals surface area contributed by atoms with Crippen LogP contribution in [0.1, 0.15) is 33.6 Å². The first-order valence-corrected chi connectivity index (χ1v) is 8.37. The summed E-state index contributed by atoms with van der Waals surface area (Å²) in [6, 6.07) is 6.28. The maximum atomic E-state index is 12.7. The van der Waals surface area contributed by atoms with Gasteiger partial charge < -0.3 is 20.3 Å². The fourth-order valence-corrected chi connectivity index (χ4v) is 2.97. The number of likely N-dealkylation sites (N-methyl/N-ethyl adjacent to an activating group) is 1. The third kappa shape index (κ3) is 4.79. The number of rotatable bonds is 6. The number of hydrogen-bond donors (Lipinski definition) is 1. The van der Waals surface area contributed by atoms with Crippen LogP contribution < -0.4 is 5.73 Å². The first kappa shape index (κ1) is 18.9. The summed E-state index contributed by atoms with van der Waals surface area (Å²) >= 11 is 0. The molecule has 0 bridgehead atoms. The summed E-state index contributed by atoms with van der Waals surface area (Å²) in [6.45, 7) is 2.06. The molecule has 0 radical (unpaired) electrons. The second-order valence-electron chi connectivity index (χ2n) is 6.28. The molecule has 7 heteroatoms. The van der Waals surface area contributed by atoms with Crippen LogP contribution in [-0.2, 0) is 9.53 Å². The number of benzene rings is 1. The average Bonchev–Trinajstić information content (AvgIpc) is 2.65. The zero-order valence-electron chi connectivity index (χ0n) is 14.7. The van der Waals surface area contributed by atoms with E-state index in [9.17, 15) is 14.4 Å². The van der Waals surface area contributed by atoms with E-state index < -0.39 is 5.91 Å². The molecule has 0 aliphatic carbocycles. The highest BCUT2D eigenvalue weighted by molar-refractivity contribution is 5.97. The number of carbonyl (C=O) groups excluding carboxylic acids is 3. The SMILES string of the molecule is COCCN(C)C(=O)[C@@H]1CCCN(C(=O)c2ccc(C(N)=O)cc2)C1. The van der Waals surface area contributed by atoms with Gasteiger partial charge in [0.15, 0.2) is 0 Å². The zero-order valence-corrected chi connectivity index (χ0v) is 14.7. The molecule has 0 saturated carbocycles. The second kappa shape index (κ2) is 8.62.